The van der Waals surface area contributed by atoms with Gasteiger partial charge in [-0.1, -0.05) is 6.92 Å². The zero-order chi connectivity index (χ0) is 11.5. The van der Waals surface area contributed by atoms with Crippen LogP contribution >= 0.6 is 11.3 Å². The van der Waals surface area contributed by atoms with Gasteiger partial charge in [-0.15, -0.1) is 11.3 Å². The molecule has 1 fully saturated rings. The number of hydrogen-bond acceptors (Lipinski definition) is 3. The zero-order valence-electron chi connectivity index (χ0n) is 9.81. The number of nitrogens with two attached hydrogens (primary N) is 1. The molecular formula is C11H18N4S. The van der Waals surface area contributed by atoms with Gasteiger partial charge in [0.05, 0.1) is 17.2 Å². The van der Waals surface area contributed by atoms with Crippen LogP contribution in [0.2, 0.25) is 0 Å². The summed E-state index contributed by atoms with van der Waals surface area (Å²) in [4.78, 5) is 10.9. The van der Waals surface area contributed by atoms with E-state index in [2.05, 4.69) is 27.2 Å². The molecule has 1 saturated carbocycles. The van der Waals surface area contributed by atoms with Crippen LogP contribution in [-0.4, -0.2) is 28.9 Å². The second kappa shape index (κ2) is 4.82. The van der Waals surface area contributed by atoms with E-state index in [1.165, 1.54) is 17.8 Å². The van der Waals surface area contributed by atoms with Crippen LogP contribution in [-0.2, 0) is 13.0 Å². The molecule has 4 nitrogen and oxygen atoms in total. The van der Waals surface area contributed by atoms with E-state index in [0.717, 1.165) is 12.1 Å². The fraction of sp³-hybridized carbons (Fsp3) is 0.636. The molecule has 0 bridgehead atoms. The number of rotatable bonds is 4. The summed E-state index contributed by atoms with van der Waals surface area (Å²) in [5.74, 6) is 0.633. The first kappa shape index (κ1) is 11.4. The molecule has 0 spiro atoms. The predicted molar refractivity (Wildman–Crippen MR) is 67.6 cm³/mol. The third-order valence-electron chi connectivity index (χ3n) is 2.76. The molecule has 0 amide bonds. The van der Waals surface area contributed by atoms with Crippen molar-refractivity contribution in [2.45, 2.75) is 38.8 Å². The van der Waals surface area contributed by atoms with Crippen LogP contribution in [0.15, 0.2) is 10.4 Å². The highest BCUT2D eigenvalue weighted by molar-refractivity contribution is 7.09. The smallest absolute Gasteiger partial charge is 0.191 e. The van der Waals surface area contributed by atoms with Gasteiger partial charge in [0.1, 0.15) is 0 Å². The van der Waals surface area contributed by atoms with Crippen molar-refractivity contribution in [2.75, 3.05) is 7.05 Å². The maximum atomic E-state index is 5.90. The Bertz CT molecular complexity index is 381. The van der Waals surface area contributed by atoms with Gasteiger partial charge in [-0.3, -0.25) is 0 Å². The van der Waals surface area contributed by atoms with Gasteiger partial charge in [0.2, 0.25) is 0 Å². The van der Waals surface area contributed by atoms with Crippen LogP contribution in [0.4, 0.5) is 0 Å². The number of aromatic nitrogens is 1. The predicted octanol–water partition coefficient (Wildman–Crippen LogP) is 1.61. The van der Waals surface area contributed by atoms with Crippen LogP contribution in [0.3, 0.4) is 0 Å². The Morgan fingerprint density at radius 1 is 1.69 bits per heavy atom. The van der Waals surface area contributed by atoms with E-state index in [1.54, 1.807) is 11.3 Å². The molecule has 0 radical (unpaired) electrons. The number of guanidine groups is 1. The van der Waals surface area contributed by atoms with Crippen molar-refractivity contribution in [3.63, 3.8) is 0 Å². The SMILES string of the molecule is CCc1nc(CN=C(N)N(C)C2CC2)cs1. The first-order valence-electron chi connectivity index (χ1n) is 5.66. The standard InChI is InChI=1S/C11H18N4S/c1-3-10-14-8(7-16-10)6-13-11(12)15(2)9-4-5-9/h7,9H,3-6H2,1-2H3,(H2,12,13). The van der Waals surface area contributed by atoms with E-state index >= 15 is 0 Å². The van der Waals surface area contributed by atoms with Gasteiger partial charge >= 0.3 is 0 Å². The van der Waals surface area contributed by atoms with E-state index in [4.69, 9.17) is 5.73 Å². The molecule has 0 saturated heterocycles. The second-order valence-corrected chi connectivity index (χ2v) is 5.05. The molecule has 0 aromatic carbocycles. The van der Waals surface area contributed by atoms with Crippen molar-refractivity contribution in [3.05, 3.63) is 16.1 Å². The van der Waals surface area contributed by atoms with Gasteiger partial charge in [-0.25, -0.2) is 9.98 Å². The second-order valence-electron chi connectivity index (χ2n) is 4.10. The zero-order valence-corrected chi connectivity index (χ0v) is 10.6. The van der Waals surface area contributed by atoms with E-state index in [1.807, 2.05) is 7.05 Å². The first-order valence-corrected chi connectivity index (χ1v) is 6.54. The van der Waals surface area contributed by atoms with Crippen LogP contribution < -0.4 is 5.73 Å². The average Bonchev–Trinajstić information content (AvgIpc) is 3.04. The minimum absolute atomic E-state index is 0.597. The van der Waals surface area contributed by atoms with Gasteiger partial charge in [0.25, 0.3) is 0 Å². The van der Waals surface area contributed by atoms with Gasteiger partial charge in [-0.05, 0) is 19.3 Å². The van der Waals surface area contributed by atoms with Crippen LogP contribution in [0.25, 0.3) is 0 Å². The Morgan fingerprint density at radius 2 is 2.44 bits per heavy atom. The van der Waals surface area contributed by atoms with E-state index in [0.29, 0.717) is 18.5 Å². The Labute approximate surface area is 100 Å². The molecule has 16 heavy (non-hydrogen) atoms. The lowest BCUT2D eigenvalue weighted by Gasteiger charge is -2.16. The lowest BCUT2D eigenvalue weighted by atomic mass is 10.4. The summed E-state index contributed by atoms with van der Waals surface area (Å²) in [5, 5.41) is 3.23. The molecule has 2 rings (SSSR count). The summed E-state index contributed by atoms with van der Waals surface area (Å²) in [6.07, 6.45) is 3.47. The molecule has 0 unspecified atom stereocenters. The lowest BCUT2D eigenvalue weighted by molar-refractivity contribution is 0.487. The molecule has 1 aromatic rings. The maximum absolute atomic E-state index is 5.90. The van der Waals surface area contributed by atoms with E-state index < -0.39 is 0 Å². The quantitative estimate of drug-likeness (QED) is 0.640. The molecule has 0 atom stereocenters. The average molecular weight is 238 g/mol. The van der Waals surface area contributed by atoms with Crippen LogP contribution in [0, 0.1) is 0 Å². The molecule has 2 N–H and O–H groups in total. The van der Waals surface area contributed by atoms with Gasteiger partial charge in [-0.2, -0.15) is 0 Å². The fourth-order valence-corrected chi connectivity index (χ4v) is 2.24. The van der Waals surface area contributed by atoms with Crippen LogP contribution in [0.1, 0.15) is 30.5 Å². The van der Waals surface area contributed by atoms with Gasteiger partial charge in [0, 0.05) is 18.5 Å². The summed E-state index contributed by atoms with van der Waals surface area (Å²) >= 11 is 1.69. The Morgan fingerprint density at radius 3 is 3.00 bits per heavy atom. The molecule has 5 heteroatoms. The molecule has 0 aliphatic heterocycles. The minimum Gasteiger partial charge on any atom is -0.370 e. The van der Waals surface area contributed by atoms with Crippen molar-refractivity contribution in [3.8, 4) is 0 Å². The normalized spacial score (nSPS) is 16.5. The highest BCUT2D eigenvalue weighted by atomic mass is 32.1. The Balaban J connectivity index is 1.91. The van der Waals surface area contributed by atoms with Crippen molar-refractivity contribution in [2.24, 2.45) is 10.7 Å². The van der Waals surface area contributed by atoms with Gasteiger partial charge < -0.3 is 10.6 Å². The first-order chi connectivity index (χ1) is 7.70. The molecule has 1 aliphatic rings. The summed E-state index contributed by atoms with van der Waals surface area (Å²) < 4.78 is 0. The maximum Gasteiger partial charge on any atom is 0.191 e. The van der Waals surface area contributed by atoms with Crippen molar-refractivity contribution >= 4 is 17.3 Å². The van der Waals surface area contributed by atoms with Gasteiger partial charge in [0.15, 0.2) is 5.96 Å². The Kier molecular flexibility index (Phi) is 3.43. The lowest BCUT2D eigenvalue weighted by Crippen LogP contribution is -2.35. The molecule has 1 heterocycles. The molecular weight excluding hydrogens is 220 g/mol. The largest absolute Gasteiger partial charge is 0.370 e. The van der Waals surface area contributed by atoms with Crippen molar-refractivity contribution < 1.29 is 0 Å². The third-order valence-corrected chi connectivity index (χ3v) is 3.80. The molecule has 1 aromatic heterocycles. The topological polar surface area (TPSA) is 54.5 Å². The van der Waals surface area contributed by atoms with E-state index in [-0.39, 0.29) is 0 Å². The summed E-state index contributed by atoms with van der Waals surface area (Å²) in [6.45, 7) is 2.71. The molecule has 88 valence electrons. The summed E-state index contributed by atoms with van der Waals surface area (Å²) in [6, 6.07) is 0.616. The number of hydrogen-bond donors (Lipinski definition) is 1. The minimum atomic E-state index is 0.597. The highest BCUT2D eigenvalue weighted by Crippen LogP contribution is 2.24. The highest BCUT2D eigenvalue weighted by Gasteiger charge is 2.27. The van der Waals surface area contributed by atoms with Crippen molar-refractivity contribution in [1.29, 1.82) is 0 Å². The summed E-state index contributed by atoms with van der Waals surface area (Å²) in [7, 11) is 2.01. The monoisotopic (exact) mass is 238 g/mol. The number of nitrogens with zero attached hydrogens (tertiary/aromatic N) is 3. The van der Waals surface area contributed by atoms with Crippen LogP contribution in [0.5, 0.6) is 0 Å². The Hall–Kier alpha value is -1.10. The third kappa shape index (κ3) is 2.72. The number of thiazole rings is 1. The number of aryl methyl sites for hydroxylation is 1. The van der Waals surface area contributed by atoms with Crippen molar-refractivity contribution in [1.82, 2.24) is 9.88 Å². The number of aliphatic imine (C=N–C) groups is 1. The molecule has 1 aliphatic carbocycles. The fourth-order valence-electron chi connectivity index (χ4n) is 1.51. The summed E-state index contributed by atoms with van der Waals surface area (Å²) in [5.41, 5.74) is 6.92. The van der Waals surface area contributed by atoms with E-state index in [9.17, 15) is 0 Å².